The molecule has 0 aromatic carbocycles. The average molecular weight is 325 g/mol. The van der Waals surface area contributed by atoms with Crippen molar-refractivity contribution in [3.05, 3.63) is 0 Å². The van der Waals surface area contributed by atoms with Crippen molar-refractivity contribution < 1.29 is 9.59 Å². The predicted octanol–water partition coefficient (Wildman–Crippen LogP) is 2.30. The van der Waals surface area contributed by atoms with E-state index in [-0.39, 0.29) is 28.6 Å². The van der Waals surface area contributed by atoms with Crippen LogP contribution in [0.3, 0.4) is 0 Å². The number of rotatable bonds is 3. The maximum absolute atomic E-state index is 12.8. The Hall–Kier alpha value is -0.770. The summed E-state index contributed by atoms with van der Waals surface area (Å²) in [4.78, 5) is 26.7. The number of hydrogen-bond donors (Lipinski definition) is 1. The Morgan fingerprint density at radius 3 is 2.32 bits per heavy atom. The first-order valence-corrected chi connectivity index (χ1v) is 9.11. The van der Waals surface area contributed by atoms with Crippen molar-refractivity contribution in [2.45, 2.75) is 56.2 Å². The van der Waals surface area contributed by atoms with Gasteiger partial charge in [-0.3, -0.25) is 9.59 Å². The number of nitrogens with zero attached hydrogens (tertiary/aromatic N) is 1. The maximum Gasteiger partial charge on any atom is 0.241 e. The van der Waals surface area contributed by atoms with Gasteiger partial charge in [-0.05, 0) is 63.2 Å². The topological polar surface area (TPSA) is 49.4 Å². The molecule has 1 N–H and O–H groups in total. The normalized spacial score (nSPS) is 42.7. The summed E-state index contributed by atoms with van der Waals surface area (Å²) in [7, 11) is 0. The summed E-state index contributed by atoms with van der Waals surface area (Å²) in [5.41, 5.74) is -0.295. The van der Waals surface area contributed by atoms with E-state index in [0.717, 1.165) is 58.0 Å². The first-order valence-electron chi connectivity index (χ1n) is 8.73. The Bertz CT molecular complexity index is 487. The highest BCUT2D eigenvalue weighted by atomic mass is 35.5. The molecule has 4 aliphatic carbocycles. The van der Waals surface area contributed by atoms with Crippen molar-refractivity contribution in [1.82, 2.24) is 10.2 Å². The molecule has 4 bridgehead atoms. The minimum Gasteiger partial charge on any atom is -0.347 e. The second-order valence-electron chi connectivity index (χ2n) is 8.16. The second kappa shape index (κ2) is 5.12. The number of alkyl halides is 1. The van der Waals surface area contributed by atoms with Crippen molar-refractivity contribution in [2.75, 3.05) is 19.6 Å². The van der Waals surface area contributed by atoms with Crippen molar-refractivity contribution in [3.8, 4) is 0 Å². The number of nitrogens with one attached hydrogen (secondary N) is 1. The van der Waals surface area contributed by atoms with Gasteiger partial charge in [-0.1, -0.05) is 0 Å². The van der Waals surface area contributed by atoms with Gasteiger partial charge in [0.25, 0.3) is 0 Å². The van der Waals surface area contributed by atoms with Crippen LogP contribution >= 0.6 is 11.6 Å². The van der Waals surface area contributed by atoms with Gasteiger partial charge >= 0.3 is 0 Å². The van der Waals surface area contributed by atoms with Crippen molar-refractivity contribution >= 4 is 23.4 Å². The molecule has 1 saturated heterocycles. The van der Waals surface area contributed by atoms with Crippen molar-refractivity contribution in [3.63, 3.8) is 0 Å². The summed E-state index contributed by atoms with van der Waals surface area (Å²) < 4.78 is 0. The third-order valence-corrected chi connectivity index (χ3v) is 6.77. The fraction of sp³-hybridized carbons (Fsp3) is 0.882. The average Bonchev–Trinajstić information content (AvgIpc) is 2.95. The van der Waals surface area contributed by atoms with Crippen LogP contribution in [0, 0.1) is 17.3 Å². The molecule has 4 saturated carbocycles. The highest BCUT2D eigenvalue weighted by molar-refractivity contribution is 6.24. The fourth-order valence-electron chi connectivity index (χ4n) is 5.84. The van der Waals surface area contributed by atoms with Crippen LogP contribution in [-0.4, -0.2) is 41.2 Å². The Kier molecular flexibility index (Phi) is 3.44. The zero-order valence-corrected chi connectivity index (χ0v) is 13.8. The van der Waals surface area contributed by atoms with Crippen LogP contribution in [0.25, 0.3) is 0 Å². The molecule has 1 aliphatic heterocycles. The summed E-state index contributed by atoms with van der Waals surface area (Å²) in [5.74, 6) is 1.37. The summed E-state index contributed by atoms with van der Waals surface area (Å²) in [6.45, 7) is 1.84. The third-order valence-electron chi connectivity index (χ3n) is 6.33. The van der Waals surface area contributed by atoms with Crippen LogP contribution in [-0.2, 0) is 9.59 Å². The van der Waals surface area contributed by atoms with Crippen LogP contribution in [0.4, 0.5) is 0 Å². The molecule has 5 heteroatoms. The van der Waals surface area contributed by atoms with Gasteiger partial charge in [0.05, 0.1) is 12.0 Å². The molecule has 0 spiro atoms. The molecule has 122 valence electrons. The highest BCUT2D eigenvalue weighted by Crippen LogP contribution is 2.63. The molecular formula is C17H25ClN2O2. The van der Waals surface area contributed by atoms with Gasteiger partial charge in [-0.15, -0.1) is 11.6 Å². The Morgan fingerprint density at radius 2 is 1.73 bits per heavy atom. The van der Waals surface area contributed by atoms with E-state index in [1.807, 2.05) is 4.90 Å². The first-order chi connectivity index (χ1) is 10.5. The number of carbonyl (C=O) groups is 2. The minimum absolute atomic E-state index is 0.0659. The van der Waals surface area contributed by atoms with Crippen LogP contribution in [0.15, 0.2) is 0 Å². The van der Waals surface area contributed by atoms with Gasteiger partial charge in [-0.2, -0.15) is 0 Å². The van der Waals surface area contributed by atoms with E-state index < -0.39 is 0 Å². The van der Waals surface area contributed by atoms with Crippen LogP contribution in [0.2, 0.25) is 0 Å². The van der Waals surface area contributed by atoms with E-state index >= 15 is 0 Å². The quantitative estimate of drug-likeness (QED) is 0.810. The Morgan fingerprint density at radius 1 is 1.09 bits per heavy atom. The van der Waals surface area contributed by atoms with E-state index in [0.29, 0.717) is 11.8 Å². The van der Waals surface area contributed by atoms with Gasteiger partial charge in [-0.25, -0.2) is 0 Å². The Labute approximate surface area is 136 Å². The summed E-state index contributed by atoms with van der Waals surface area (Å²) in [6, 6.07) is 0. The Balaban J connectivity index is 1.41. The van der Waals surface area contributed by atoms with E-state index in [1.54, 1.807) is 0 Å². The fourth-order valence-corrected chi connectivity index (χ4v) is 6.53. The van der Waals surface area contributed by atoms with Gasteiger partial charge in [0.15, 0.2) is 0 Å². The standard InChI is InChI=1S/C17H25ClN2O2/c18-17-8-12-5-13(9-17)7-16(6-12,11-17)15(22)19-10-14(21)20-3-1-2-4-20/h12-13H,1-11H2,(H,19,22)/t12-,13-,16?,17?/m0/s1. The lowest BCUT2D eigenvalue weighted by atomic mass is 9.49. The number of likely N-dealkylation sites (tertiary alicyclic amines) is 1. The molecule has 1 heterocycles. The van der Waals surface area contributed by atoms with Gasteiger partial charge < -0.3 is 10.2 Å². The number of amides is 2. The van der Waals surface area contributed by atoms with E-state index in [4.69, 9.17) is 11.6 Å². The largest absolute Gasteiger partial charge is 0.347 e. The third kappa shape index (κ3) is 2.44. The second-order valence-corrected chi connectivity index (χ2v) is 8.96. The zero-order valence-electron chi connectivity index (χ0n) is 13.1. The molecular weight excluding hydrogens is 300 g/mol. The van der Waals surface area contributed by atoms with Gasteiger partial charge in [0.2, 0.25) is 11.8 Å². The molecule has 5 aliphatic rings. The molecule has 0 unspecified atom stereocenters. The van der Waals surface area contributed by atoms with E-state index in [1.165, 1.54) is 6.42 Å². The van der Waals surface area contributed by atoms with Gasteiger partial charge in [0.1, 0.15) is 0 Å². The van der Waals surface area contributed by atoms with Crippen LogP contribution < -0.4 is 5.32 Å². The lowest BCUT2D eigenvalue weighted by Crippen LogP contribution is -2.59. The lowest BCUT2D eigenvalue weighted by Gasteiger charge is -2.59. The molecule has 2 amide bonds. The molecule has 0 aromatic heterocycles. The molecule has 4 nitrogen and oxygen atoms in total. The number of halogens is 1. The molecule has 5 rings (SSSR count). The monoisotopic (exact) mass is 324 g/mol. The van der Waals surface area contributed by atoms with Gasteiger partial charge in [0, 0.05) is 18.0 Å². The lowest BCUT2D eigenvalue weighted by molar-refractivity contribution is -0.146. The molecule has 0 radical (unpaired) electrons. The summed E-state index contributed by atoms with van der Waals surface area (Å²) >= 11 is 6.78. The summed E-state index contributed by atoms with van der Waals surface area (Å²) in [5, 5.41) is 2.94. The van der Waals surface area contributed by atoms with E-state index in [2.05, 4.69) is 5.32 Å². The van der Waals surface area contributed by atoms with Crippen molar-refractivity contribution in [2.24, 2.45) is 17.3 Å². The minimum atomic E-state index is -0.295. The highest BCUT2D eigenvalue weighted by Gasteiger charge is 2.60. The van der Waals surface area contributed by atoms with E-state index in [9.17, 15) is 9.59 Å². The predicted molar refractivity (Wildman–Crippen MR) is 84.5 cm³/mol. The molecule has 5 fully saturated rings. The molecule has 22 heavy (non-hydrogen) atoms. The van der Waals surface area contributed by atoms with Crippen LogP contribution in [0.1, 0.15) is 51.4 Å². The zero-order chi connectivity index (χ0) is 15.4. The SMILES string of the molecule is O=C(CNC(=O)C12C[C@@H]3C[C@H](CC(Cl)(C3)C1)C2)N1CCCC1. The number of hydrogen-bond acceptors (Lipinski definition) is 2. The molecule has 0 aromatic rings. The summed E-state index contributed by atoms with van der Waals surface area (Å²) in [6.07, 6.45) is 8.32. The number of carbonyl (C=O) groups excluding carboxylic acids is 2. The smallest absolute Gasteiger partial charge is 0.241 e. The van der Waals surface area contributed by atoms with Crippen LogP contribution in [0.5, 0.6) is 0 Å². The molecule has 2 atom stereocenters. The van der Waals surface area contributed by atoms with Crippen molar-refractivity contribution in [1.29, 1.82) is 0 Å². The maximum atomic E-state index is 12.8. The first kappa shape index (κ1) is 14.8.